The maximum absolute atomic E-state index is 13.4. The predicted octanol–water partition coefficient (Wildman–Crippen LogP) is 1.79. The summed E-state index contributed by atoms with van der Waals surface area (Å²) in [6, 6.07) is 4.41. The lowest BCUT2D eigenvalue weighted by molar-refractivity contribution is 0.0740. The van der Waals surface area contributed by atoms with Crippen LogP contribution in [0.15, 0.2) is 23.1 Å². The Kier molecular flexibility index (Phi) is 8.00. The first-order valence-corrected chi connectivity index (χ1v) is 12.3. The molecule has 1 N–H and O–H groups in total. The van der Waals surface area contributed by atoms with E-state index in [2.05, 4.69) is 23.8 Å². The first-order valence-electron chi connectivity index (χ1n) is 10.9. The number of ether oxygens (including phenoxy) is 2. The molecule has 3 rings (SSSR count). The molecule has 172 valence electrons. The number of sulfonamides is 1. The number of aliphatic hydroxyl groups excluding tert-OH is 1. The van der Waals surface area contributed by atoms with Crippen molar-refractivity contribution in [1.82, 2.24) is 9.21 Å². The normalized spacial score (nSPS) is 24.3. The summed E-state index contributed by atoms with van der Waals surface area (Å²) in [5.74, 6) is 6.91. The van der Waals surface area contributed by atoms with Crippen LogP contribution in [0.4, 0.5) is 0 Å². The summed E-state index contributed by atoms with van der Waals surface area (Å²) < 4.78 is 39.6. The Bertz CT molecular complexity index is 920. The van der Waals surface area contributed by atoms with Crippen molar-refractivity contribution in [3.63, 3.8) is 0 Å². The van der Waals surface area contributed by atoms with Crippen LogP contribution in [0.1, 0.15) is 32.3 Å². The Morgan fingerprint density at radius 2 is 2.10 bits per heavy atom. The lowest BCUT2D eigenvalue weighted by atomic mass is 10.0. The van der Waals surface area contributed by atoms with Crippen molar-refractivity contribution in [2.45, 2.75) is 43.7 Å². The average Bonchev–Trinajstić information content (AvgIpc) is 3.54. The topological polar surface area (TPSA) is 79.3 Å². The molecule has 1 aromatic rings. The fraction of sp³-hybridized carbons (Fsp3) is 0.652. The van der Waals surface area contributed by atoms with Crippen LogP contribution in [0.25, 0.3) is 0 Å². The van der Waals surface area contributed by atoms with Crippen LogP contribution in [-0.4, -0.2) is 81.9 Å². The van der Waals surface area contributed by atoms with Gasteiger partial charge in [-0.15, -0.1) is 0 Å². The number of benzene rings is 1. The van der Waals surface area contributed by atoms with Gasteiger partial charge in [0.2, 0.25) is 10.0 Å². The van der Waals surface area contributed by atoms with Crippen LogP contribution in [0.3, 0.4) is 0 Å². The van der Waals surface area contributed by atoms with E-state index in [-0.39, 0.29) is 23.5 Å². The fourth-order valence-electron chi connectivity index (χ4n) is 3.85. The lowest BCUT2D eigenvalue weighted by Crippen LogP contribution is -2.49. The van der Waals surface area contributed by atoms with Crippen molar-refractivity contribution < 1.29 is 23.0 Å². The highest BCUT2D eigenvalue weighted by Crippen LogP contribution is 2.35. The molecule has 8 heteroatoms. The SMILES string of the molecule is COCC#Cc1ccc2c(c1)O[C@@H](CN(C)CC1CC1)[C@@H](C)CN([C@H](C)CO)S2(=O)=O. The van der Waals surface area contributed by atoms with E-state index in [0.717, 1.165) is 12.5 Å². The summed E-state index contributed by atoms with van der Waals surface area (Å²) in [6.45, 7) is 5.81. The highest BCUT2D eigenvalue weighted by Gasteiger charge is 2.38. The van der Waals surface area contributed by atoms with Crippen LogP contribution < -0.4 is 4.74 Å². The number of rotatable bonds is 7. The van der Waals surface area contributed by atoms with E-state index in [1.54, 1.807) is 32.2 Å². The van der Waals surface area contributed by atoms with Gasteiger partial charge in [-0.1, -0.05) is 18.8 Å². The van der Waals surface area contributed by atoms with E-state index in [0.29, 0.717) is 31.0 Å². The Hall–Kier alpha value is -1.63. The summed E-state index contributed by atoms with van der Waals surface area (Å²) in [4.78, 5) is 2.39. The molecule has 1 aliphatic carbocycles. The Balaban J connectivity index is 1.98. The minimum absolute atomic E-state index is 0.0539. The molecule has 2 aliphatic rings. The summed E-state index contributed by atoms with van der Waals surface area (Å²) in [6.07, 6.45) is 2.36. The zero-order chi connectivity index (χ0) is 22.6. The van der Waals surface area contributed by atoms with Gasteiger partial charge >= 0.3 is 0 Å². The lowest BCUT2D eigenvalue weighted by Gasteiger charge is -2.37. The number of fused-ring (bicyclic) bond motifs is 1. The van der Waals surface area contributed by atoms with Crippen molar-refractivity contribution in [2.75, 3.05) is 47.0 Å². The molecule has 0 radical (unpaired) electrons. The molecule has 1 fully saturated rings. The van der Waals surface area contributed by atoms with Gasteiger partial charge in [0, 0.05) is 44.3 Å². The van der Waals surface area contributed by atoms with Crippen molar-refractivity contribution in [2.24, 2.45) is 11.8 Å². The molecule has 0 bridgehead atoms. The van der Waals surface area contributed by atoms with Crippen molar-refractivity contribution in [3.05, 3.63) is 23.8 Å². The molecule has 0 unspecified atom stereocenters. The summed E-state index contributed by atoms with van der Waals surface area (Å²) in [5, 5.41) is 9.72. The predicted molar refractivity (Wildman–Crippen MR) is 119 cm³/mol. The third kappa shape index (κ3) is 5.99. The maximum atomic E-state index is 13.4. The van der Waals surface area contributed by atoms with Gasteiger partial charge in [-0.3, -0.25) is 0 Å². The molecule has 0 aromatic heterocycles. The molecule has 31 heavy (non-hydrogen) atoms. The van der Waals surface area contributed by atoms with E-state index in [4.69, 9.17) is 9.47 Å². The molecule has 3 atom stereocenters. The van der Waals surface area contributed by atoms with Crippen LogP contribution >= 0.6 is 0 Å². The summed E-state index contributed by atoms with van der Waals surface area (Å²) in [5.41, 5.74) is 0.672. The Morgan fingerprint density at radius 3 is 2.74 bits per heavy atom. The zero-order valence-electron chi connectivity index (χ0n) is 18.9. The zero-order valence-corrected chi connectivity index (χ0v) is 19.7. The van der Waals surface area contributed by atoms with Gasteiger partial charge < -0.3 is 19.5 Å². The molecule has 1 aromatic carbocycles. The second-order valence-corrected chi connectivity index (χ2v) is 10.7. The number of hydrogen-bond acceptors (Lipinski definition) is 6. The number of hydrogen-bond donors (Lipinski definition) is 1. The molecular weight excluding hydrogens is 416 g/mol. The molecule has 1 aliphatic heterocycles. The van der Waals surface area contributed by atoms with E-state index >= 15 is 0 Å². The van der Waals surface area contributed by atoms with Crippen LogP contribution in [-0.2, 0) is 14.8 Å². The van der Waals surface area contributed by atoms with Crippen LogP contribution in [0.2, 0.25) is 0 Å². The van der Waals surface area contributed by atoms with Gasteiger partial charge in [-0.2, -0.15) is 4.31 Å². The van der Waals surface area contributed by atoms with Crippen LogP contribution in [0, 0.1) is 23.7 Å². The van der Waals surface area contributed by atoms with Gasteiger partial charge in [-0.25, -0.2) is 8.42 Å². The van der Waals surface area contributed by atoms with Gasteiger partial charge in [0.25, 0.3) is 0 Å². The number of aliphatic hydroxyl groups is 1. The number of nitrogens with zero attached hydrogens (tertiary/aromatic N) is 2. The number of likely N-dealkylation sites (N-methyl/N-ethyl adjacent to an activating group) is 1. The van der Waals surface area contributed by atoms with Gasteiger partial charge in [-0.05, 0) is 50.9 Å². The van der Waals surface area contributed by atoms with Gasteiger partial charge in [0.05, 0.1) is 6.61 Å². The first-order chi connectivity index (χ1) is 14.8. The quantitative estimate of drug-likeness (QED) is 0.638. The molecule has 1 heterocycles. The molecule has 7 nitrogen and oxygen atoms in total. The molecular formula is C23H34N2O5S. The Morgan fingerprint density at radius 1 is 1.35 bits per heavy atom. The molecule has 1 saturated carbocycles. The molecule has 0 amide bonds. The minimum Gasteiger partial charge on any atom is -0.487 e. The van der Waals surface area contributed by atoms with Crippen molar-refractivity contribution >= 4 is 10.0 Å². The third-order valence-corrected chi connectivity index (χ3v) is 7.89. The van der Waals surface area contributed by atoms with E-state index in [1.807, 2.05) is 6.92 Å². The molecule has 0 saturated heterocycles. The maximum Gasteiger partial charge on any atom is 0.247 e. The fourth-order valence-corrected chi connectivity index (χ4v) is 5.68. The second-order valence-electron chi connectivity index (χ2n) is 8.80. The monoisotopic (exact) mass is 450 g/mol. The second kappa shape index (κ2) is 10.3. The van der Waals surface area contributed by atoms with E-state index in [9.17, 15) is 13.5 Å². The van der Waals surface area contributed by atoms with Crippen LogP contribution in [0.5, 0.6) is 5.75 Å². The minimum atomic E-state index is -3.83. The average molecular weight is 451 g/mol. The van der Waals surface area contributed by atoms with E-state index in [1.165, 1.54) is 17.1 Å². The first kappa shape index (κ1) is 24.0. The Labute approximate surface area is 186 Å². The highest BCUT2D eigenvalue weighted by molar-refractivity contribution is 7.89. The highest BCUT2D eigenvalue weighted by atomic mass is 32.2. The summed E-state index contributed by atoms with van der Waals surface area (Å²) in [7, 11) is -0.164. The van der Waals surface area contributed by atoms with E-state index < -0.39 is 16.1 Å². The van der Waals surface area contributed by atoms with Gasteiger partial charge in [0.1, 0.15) is 23.4 Å². The summed E-state index contributed by atoms with van der Waals surface area (Å²) >= 11 is 0. The third-order valence-electron chi connectivity index (χ3n) is 5.87. The number of methoxy groups -OCH3 is 1. The molecule has 0 spiro atoms. The smallest absolute Gasteiger partial charge is 0.247 e. The van der Waals surface area contributed by atoms with Gasteiger partial charge in [0.15, 0.2) is 0 Å². The van der Waals surface area contributed by atoms with Crippen molar-refractivity contribution in [1.29, 1.82) is 0 Å². The largest absolute Gasteiger partial charge is 0.487 e. The standard InChI is InChI=1S/C23H34N2O5S/c1-17-13-25(18(2)16-26)31(27,28)23-10-9-19(6-5-11-29-4)12-21(23)30-22(17)15-24(3)14-20-7-8-20/h9-10,12,17-18,20,22,26H,7-8,11,13-16H2,1-4H3/t17-,18+,22-/m0/s1. The van der Waals surface area contributed by atoms with Crippen molar-refractivity contribution in [3.8, 4) is 17.6 Å².